The summed E-state index contributed by atoms with van der Waals surface area (Å²) in [6.07, 6.45) is 0.133. The van der Waals surface area contributed by atoms with Crippen molar-refractivity contribution in [3.63, 3.8) is 0 Å². The van der Waals surface area contributed by atoms with Crippen LogP contribution >= 0.6 is 11.6 Å². The Labute approximate surface area is 178 Å². The number of piperazine rings is 1. The molecule has 1 fully saturated rings. The Balaban J connectivity index is 1.43. The van der Waals surface area contributed by atoms with Crippen molar-refractivity contribution < 1.29 is 9.18 Å². The summed E-state index contributed by atoms with van der Waals surface area (Å²) < 4.78 is 15.3. The number of halogens is 2. The zero-order valence-electron chi connectivity index (χ0n) is 16.6. The number of aryl methyl sites for hydroxylation is 1. The maximum Gasteiger partial charge on any atom is 0.274 e. The lowest BCUT2D eigenvalue weighted by molar-refractivity contribution is -0.132. The smallest absolute Gasteiger partial charge is 0.274 e. The van der Waals surface area contributed by atoms with Gasteiger partial charge >= 0.3 is 0 Å². The molecule has 0 atom stereocenters. The van der Waals surface area contributed by atoms with Crippen molar-refractivity contribution in [1.82, 2.24) is 19.6 Å². The highest BCUT2D eigenvalue weighted by Gasteiger charge is 2.23. The third-order valence-corrected chi connectivity index (χ3v) is 5.87. The van der Waals surface area contributed by atoms with Gasteiger partial charge < -0.3 is 4.90 Å². The first-order chi connectivity index (χ1) is 14.4. The third-order valence-electron chi connectivity index (χ3n) is 5.52. The van der Waals surface area contributed by atoms with Gasteiger partial charge in [0.05, 0.1) is 17.5 Å². The predicted molar refractivity (Wildman–Crippen MR) is 114 cm³/mol. The van der Waals surface area contributed by atoms with Gasteiger partial charge in [0.1, 0.15) is 5.82 Å². The Morgan fingerprint density at radius 3 is 2.47 bits per heavy atom. The van der Waals surface area contributed by atoms with E-state index >= 15 is 0 Å². The van der Waals surface area contributed by atoms with Crippen molar-refractivity contribution >= 4 is 28.3 Å². The standard InChI is InChI=1S/C22H22ClFN4O2/c1-26-22(30)16-6-3-2-5-15(16)20(25-26)13-21(29)28-11-9-27(10-12-28)14-17-18(23)7-4-8-19(17)24/h2-8H,9-14H2,1H3. The molecule has 1 saturated heterocycles. The molecule has 0 spiro atoms. The highest BCUT2D eigenvalue weighted by molar-refractivity contribution is 6.31. The average Bonchev–Trinajstić information content (AvgIpc) is 2.75. The SMILES string of the molecule is Cn1nc(CC(=O)N2CCN(Cc3c(F)cccc3Cl)CC2)c2ccccc2c1=O. The molecule has 3 aromatic rings. The quantitative estimate of drug-likeness (QED) is 0.641. The zero-order valence-corrected chi connectivity index (χ0v) is 17.4. The van der Waals surface area contributed by atoms with Crippen LogP contribution in [0.3, 0.4) is 0 Å². The second kappa shape index (κ2) is 8.53. The lowest BCUT2D eigenvalue weighted by atomic mass is 10.1. The fourth-order valence-corrected chi connectivity index (χ4v) is 4.05. The van der Waals surface area contributed by atoms with Gasteiger partial charge in [0.2, 0.25) is 5.91 Å². The van der Waals surface area contributed by atoms with E-state index in [1.165, 1.54) is 10.7 Å². The van der Waals surface area contributed by atoms with Crippen LogP contribution in [0.25, 0.3) is 10.8 Å². The van der Waals surface area contributed by atoms with Crippen molar-refractivity contribution in [2.75, 3.05) is 26.2 Å². The molecule has 2 heterocycles. The highest BCUT2D eigenvalue weighted by Crippen LogP contribution is 2.21. The number of nitrogens with zero attached hydrogens (tertiary/aromatic N) is 4. The van der Waals surface area contributed by atoms with Gasteiger partial charge in [0.25, 0.3) is 5.56 Å². The van der Waals surface area contributed by atoms with E-state index in [1.54, 1.807) is 36.2 Å². The molecule has 8 heteroatoms. The third kappa shape index (κ3) is 4.08. The highest BCUT2D eigenvalue weighted by atomic mass is 35.5. The summed E-state index contributed by atoms with van der Waals surface area (Å²) in [6, 6.07) is 11.9. The summed E-state index contributed by atoms with van der Waals surface area (Å²) >= 11 is 6.13. The first-order valence-corrected chi connectivity index (χ1v) is 10.2. The number of amides is 1. The molecule has 0 N–H and O–H groups in total. The summed E-state index contributed by atoms with van der Waals surface area (Å²) in [5, 5.41) is 6.00. The minimum Gasteiger partial charge on any atom is -0.340 e. The Hall–Kier alpha value is -2.77. The second-order valence-corrected chi connectivity index (χ2v) is 7.86. The maximum atomic E-state index is 14.0. The maximum absolute atomic E-state index is 14.0. The van der Waals surface area contributed by atoms with E-state index in [2.05, 4.69) is 10.00 Å². The number of carbonyl (C=O) groups is 1. The van der Waals surface area contributed by atoms with E-state index < -0.39 is 0 Å². The van der Waals surface area contributed by atoms with Crippen LogP contribution in [0.5, 0.6) is 0 Å². The number of rotatable bonds is 4. The molecular weight excluding hydrogens is 407 g/mol. The van der Waals surface area contributed by atoms with Gasteiger partial charge in [0.15, 0.2) is 0 Å². The van der Waals surface area contributed by atoms with Crippen molar-refractivity contribution in [3.05, 3.63) is 74.9 Å². The topological polar surface area (TPSA) is 58.4 Å². The fraction of sp³-hybridized carbons (Fsp3) is 0.318. The second-order valence-electron chi connectivity index (χ2n) is 7.45. The molecule has 4 rings (SSSR count). The van der Waals surface area contributed by atoms with Crippen LogP contribution < -0.4 is 5.56 Å². The average molecular weight is 429 g/mol. The van der Waals surface area contributed by atoms with Crippen molar-refractivity contribution in [3.8, 4) is 0 Å². The molecule has 156 valence electrons. The Morgan fingerprint density at radius 2 is 1.77 bits per heavy atom. The summed E-state index contributed by atoms with van der Waals surface area (Å²) in [5.74, 6) is -0.344. The van der Waals surface area contributed by atoms with Crippen molar-refractivity contribution in [1.29, 1.82) is 0 Å². The van der Waals surface area contributed by atoms with Gasteiger partial charge in [-0.3, -0.25) is 14.5 Å². The van der Waals surface area contributed by atoms with Gasteiger partial charge in [-0.15, -0.1) is 0 Å². The molecule has 30 heavy (non-hydrogen) atoms. The molecule has 0 unspecified atom stereocenters. The van der Waals surface area contributed by atoms with Gasteiger partial charge in [-0.25, -0.2) is 9.07 Å². The van der Waals surface area contributed by atoms with E-state index in [-0.39, 0.29) is 23.7 Å². The van der Waals surface area contributed by atoms with Gasteiger partial charge in [-0.05, 0) is 18.2 Å². The predicted octanol–water partition coefficient (Wildman–Crippen LogP) is 2.61. The first kappa shape index (κ1) is 20.5. The molecular formula is C22H22ClFN4O2. The van der Waals surface area contributed by atoms with Gasteiger partial charge in [0, 0.05) is 55.7 Å². The van der Waals surface area contributed by atoms with Crippen LogP contribution in [-0.2, 0) is 24.8 Å². The van der Waals surface area contributed by atoms with Crippen molar-refractivity contribution in [2.45, 2.75) is 13.0 Å². The lowest BCUT2D eigenvalue weighted by Gasteiger charge is -2.35. The van der Waals surface area contributed by atoms with E-state index in [0.29, 0.717) is 59.8 Å². The number of hydrogen-bond donors (Lipinski definition) is 0. The van der Waals surface area contributed by atoms with Crippen LogP contribution in [0.4, 0.5) is 4.39 Å². The van der Waals surface area contributed by atoms with E-state index in [0.717, 1.165) is 0 Å². The molecule has 0 bridgehead atoms. The van der Waals surface area contributed by atoms with Crippen LogP contribution in [-0.4, -0.2) is 51.7 Å². The molecule has 1 aliphatic rings. The number of carbonyl (C=O) groups excluding carboxylic acids is 1. The molecule has 0 saturated carbocycles. The Kier molecular flexibility index (Phi) is 5.83. The molecule has 6 nitrogen and oxygen atoms in total. The van der Waals surface area contributed by atoms with Gasteiger partial charge in [-0.2, -0.15) is 5.10 Å². The number of aromatic nitrogens is 2. The van der Waals surface area contributed by atoms with Gasteiger partial charge in [-0.1, -0.05) is 35.9 Å². The molecule has 0 radical (unpaired) electrons. The van der Waals surface area contributed by atoms with Crippen LogP contribution in [0.15, 0.2) is 47.3 Å². The van der Waals surface area contributed by atoms with Crippen LogP contribution in [0, 0.1) is 5.82 Å². The summed E-state index contributed by atoms with van der Waals surface area (Å²) in [4.78, 5) is 29.0. The molecule has 0 aliphatic carbocycles. The lowest BCUT2D eigenvalue weighted by Crippen LogP contribution is -2.49. The molecule has 1 amide bonds. The minimum atomic E-state index is -0.311. The summed E-state index contributed by atoms with van der Waals surface area (Å²) in [7, 11) is 1.59. The van der Waals surface area contributed by atoms with E-state index in [4.69, 9.17) is 11.6 Å². The number of fused-ring (bicyclic) bond motifs is 1. The van der Waals surface area contributed by atoms with Crippen LogP contribution in [0.1, 0.15) is 11.3 Å². The van der Waals surface area contributed by atoms with Crippen molar-refractivity contribution in [2.24, 2.45) is 7.05 Å². The number of hydrogen-bond acceptors (Lipinski definition) is 4. The summed E-state index contributed by atoms with van der Waals surface area (Å²) in [6.45, 7) is 2.79. The normalized spacial score (nSPS) is 15.0. The number of benzene rings is 2. The van der Waals surface area contributed by atoms with Crippen LogP contribution in [0.2, 0.25) is 5.02 Å². The summed E-state index contributed by atoms with van der Waals surface area (Å²) in [5.41, 5.74) is 0.903. The molecule has 1 aliphatic heterocycles. The first-order valence-electron chi connectivity index (χ1n) is 9.82. The largest absolute Gasteiger partial charge is 0.340 e. The van der Waals surface area contributed by atoms with E-state index in [9.17, 15) is 14.0 Å². The Bertz CT molecular complexity index is 1140. The Morgan fingerprint density at radius 1 is 1.07 bits per heavy atom. The molecule has 2 aromatic carbocycles. The minimum absolute atomic E-state index is 0.0325. The fourth-order valence-electron chi connectivity index (χ4n) is 3.82. The zero-order chi connectivity index (χ0) is 21.3. The molecule has 1 aromatic heterocycles. The van der Waals surface area contributed by atoms with E-state index in [1.807, 2.05) is 12.1 Å². The monoisotopic (exact) mass is 428 g/mol.